The Morgan fingerprint density at radius 3 is 2.57 bits per heavy atom. The summed E-state index contributed by atoms with van der Waals surface area (Å²) in [7, 11) is 0. The van der Waals surface area contributed by atoms with Gasteiger partial charge in [-0.15, -0.1) is 0 Å². The summed E-state index contributed by atoms with van der Waals surface area (Å²) in [4.78, 5) is 8.69. The molecule has 0 radical (unpaired) electrons. The highest BCUT2D eigenvalue weighted by Crippen LogP contribution is 2.40. The van der Waals surface area contributed by atoms with E-state index in [1.54, 1.807) is 24.3 Å². The second-order valence-electron chi connectivity index (χ2n) is 7.27. The molecule has 0 aliphatic carbocycles. The van der Waals surface area contributed by atoms with Gasteiger partial charge in [0.25, 0.3) is 0 Å². The van der Waals surface area contributed by atoms with Crippen molar-refractivity contribution in [3.63, 3.8) is 0 Å². The maximum atomic E-state index is 7.92. The van der Waals surface area contributed by atoms with Crippen LogP contribution in [0.15, 0.2) is 71.3 Å². The largest absolute Gasteiger partial charge is 0.455 e. The lowest BCUT2D eigenvalue weighted by molar-refractivity contribution is 0.674. The molecular weight excluding hydrogens is 368 g/mol. The van der Waals surface area contributed by atoms with Gasteiger partial charge in [-0.25, -0.2) is 0 Å². The van der Waals surface area contributed by atoms with Crippen molar-refractivity contribution in [2.24, 2.45) is 0 Å². The van der Waals surface area contributed by atoms with Crippen LogP contribution in [0.3, 0.4) is 0 Å². The molecule has 0 saturated heterocycles. The van der Waals surface area contributed by atoms with Crippen LogP contribution in [0.1, 0.15) is 29.2 Å². The van der Waals surface area contributed by atoms with Crippen LogP contribution in [-0.4, -0.2) is 9.97 Å². The summed E-state index contributed by atoms with van der Waals surface area (Å²) >= 11 is 0. The molecule has 0 atom stereocenters. The lowest BCUT2D eigenvalue weighted by atomic mass is 10.0. The number of pyridine rings is 2. The molecule has 0 fully saturated rings. The third-order valence-electron chi connectivity index (χ3n) is 5.49. The van der Waals surface area contributed by atoms with Gasteiger partial charge in [0.2, 0.25) is 0 Å². The Morgan fingerprint density at radius 1 is 0.800 bits per heavy atom. The predicted molar refractivity (Wildman–Crippen MR) is 124 cm³/mol. The maximum Gasteiger partial charge on any atom is 0.144 e. The number of para-hydroxylation sites is 1. The molecule has 3 aromatic heterocycles. The van der Waals surface area contributed by atoms with E-state index in [-0.39, 0.29) is 22.5 Å². The third kappa shape index (κ3) is 2.38. The van der Waals surface area contributed by atoms with Crippen LogP contribution in [0, 0.1) is 20.6 Å². The van der Waals surface area contributed by atoms with Gasteiger partial charge in [-0.3, -0.25) is 9.97 Å². The fourth-order valence-electron chi connectivity index (χ4n) is 4.08. The molecule has 3 nitrogen and oxygen atoms in total. The minimum Gasteiger partial charge on any atom is -0.455 e. The monoisotopic (exact) mass is 397 g/mol. The first-order valence-corrected chi connectivity index (χ1v) is 9.43. The molecular formula is C27H20N2O. The summed E-state index contributed by atoms with van der Waals surface area (Å²) < 4.78 is 76.6. The van der Waals surface area contributed by atoms with Crippen LogP contribution < -0.4 is 0 Å². The number of aryl methyl sites for hydroxylation is 3. The molecule has 144 valence electrons. The summed E-state index contributed by atoms with van der Waals surface area (Å²) in [6.45, 7) is -7.62. The molecule has 0 N–H and O–H groups in total. The Kier molecular flexibility index (Phi) is 2.12. The van der Waals surface area contributed by atoms with E-state index in [1.165, 1.54) is 12.1 Å². The lowest BCUT2D eigenvalue weighted by Crippen LogP contribution is -1.88. The van der Waals surface area contributed by atoms with Crippen LogP contribution in [0.2, 0.25) is 0 Å². The Hall–Kier alpha value is -3.72. The van der Waals surface area contributed by atoms with E-state index in [0.29, 0.717) is 22.2 Å². The average Bonchev–Trinajstić information content (AvgIpc) is 3.25. The third-order valence-corrected chi connectivity index (χ3v) is 5.49. The van der Waals surface area contributed by atoms with E-state index in [0.717, 1.165) is 33.1 Å². The van der Waals surface area contributed by atoms with Gasteiger partial charge in [-0.05, 0) is 67.4 Å². The number of benzene rings is 3. The highest BCUT2D eigenvalue weighted by atomic mass is 16.3. The van der Waals surface area contributed by atoms with Crippen LogP contribution in [0.25, 0.3) is 54.9 Å². The number of nitrogens with zero attached hydrogens (tertiary/aromatic N) is 2. The Morgan fingerprint density at radius 2 is 1.67 bits per heavy atom. The van der Waals surface area contributed by atoms with Crippen molar-refractivity contribution in [1.82, 2.24) is 9.97 Å². The Bertz CT molecular complexity index is 1930. The van der Waals surface area contributed by atoms with Crippen molar-refractivity contribution in [2.45, 2.75) is 20.6 Å². The van der Waals surface area contributed by atoms with Gasteiger partial charge >= 0.3 is 0 Å². The molecule has 0 saturated carbocycles. The van der Waals surface area contributed by atoms with Gasteiger partial charge in [0, 0.05) is 51.3 Å². The fraction of sp³-hybridized carbons (Fsp3) is 0.111. The molecule has 30 heavy (non-hydrogen) atoms. The summed E-state index contributed by atoms with van der Waals surface area (Å²) in [6.07, 6.45) is 1.10. The van der Waals surface area contributed by atoms with Crippen LogP contribution in [-0.2, 0) is 0 Å². The lowest BCUT2D eigenvalue weighted by Gasteiger charge is -2.05. The van der Waals surface area contributed by atoms with Crippen molar-refractivity contribution in [2.75, 3.05) is 0 Å². The number of hydrogen-bond donors (Lipinski definition) is 0. The smallest absolute Gasteiger partial charge is 0.144 e. The van der Waals surface area contributed by atoms with Gasteiger partial charge in [-0.1, -0.05) is 30.3 Å². The van der Waals surface area contributed by atoms with Crippen molar-refractivity contribution >= 4 is 43.6 Å². The van der Waals surface area contributed by atoms with E-state index in [1.807, 2.05) is 24.3 Å². The molecule has 3 heteroatoms. The zero-order valence-corrected chi connectivity index (χ0v) is 15.7. The standard InChI is InChI=1S/C27H20N2O/c1-15-13-24(28-14-16(15)2)22-6-4-5-19-20-11-8-18-9-12-23-21(10-7-17(3)29-23)25(18)27(20)30-26(19)22/h4-14H,1-3H3/i1D3,2D3,3D3. The zero-order valence-electron chi connectivity index (χ0n) is 24.7. The summed E-state index contributed by atoms with van der Waals surface area (Å²) in [5, 5.41) is 3.96. The predicted octanol–water partition coefficient (Wildman–Crippen LogP) is 7.27. The van der Waals surface area contributed by atoms with Gasteiger partial charge in [0.15, 0.2) is 0 Å². The van der Waals surface area contributed by atoms with E-state index in [4.69, 9.17) is 16.8 Å². The van der Waals surface area contributed by atoms with Crippen LogP contribution >= 0.6 is 0 Å². The molecule has 0 aliphatic heterocycles. The Labute approximate surface area is 186 Å². The average molecular weight is 398 g/mol. The first kappa shape index (κ1) is 10.4. The van der Waals surface area contributed by atoms with E-state index >= 15 is 0 Å². The molecule has 0 bridgehead atoms. The second kappa shape index (κ2) is 6.14. The minimum atomic E-state index is -2.65. The molecule has 6 aromatic rings. The molecule has 0 aliphatic rings. The van der Waals surface area contributed by atoms with Gasteiger partial charge in [-0.2, -0.15) is 0 Å². The maximum absolute atomic E-state index is 7.92. The van der Waals surface area contributed by atoms with E-state index in [2.05, 4.69) is 9.97 Å². The van der Waals surface area contributed by atoms with Crippen LogP contribution in [0.5, 0.6) is 0 Å². The molecule has 6 rings (SSSR count). The molecule has 0 spiro atoms. The number of furan rings is 1. The number of fused-ring (bicyclic) bond motifs is 7. The Balaban J connectivity index is 1.64. The van der Waals surface area contributed by atoms with Crippen molar-refractivity contribution < 1.29 is 16.8 Å². The molecule has 3 aromatic carbocycles. The summed E-state index contributed by atoms with van der Waals surface area (Å²) in [5.74, 6) is 0. The first-order chi connectivity index (χ1) is 18.2. The summed E-state index contributed by atoms with van der Waals surface area (Å²) in [6, 6.07) is 17.5. The van der Waals surface area contributed by atoms with E-state index < -0.39 is 20.6 Å². The molecule has 3 heterocycles. The fourth-order valence-corrected chi connectivity index (χ4v) is 4.08. The number of rotatable bonds is 1. The van der Waals surface area contributed by atoms with Crippen molar-refractivity contribution in [1.29, 1.82) is 0 Å². The molecule has 0 unspecified atom stereocenters. The number of aromatic nitrogens is 2. The van der Waals surface area contributed by atoms with Gasteiger partial charge < -0.3 is 4.42 Å². The number of hydrogen-bond acceptors (Lipinski definition) is 3. The minimum absolute atomic E-state index is 0.00468. The second-order valence-corrected chi connectivity index (χ2v) is 7.27. The van der Waals surface area contributed by atoms with E-state index in [9.17, 15) is 0 Å². The van der Waals surface area contributed by atoms with Crippen molar-refractivity contribution in [3.05, 3.63) is 83.7 Å². The van der Waals surface area contributed by atoms with Gasteiger partial charge in [0.1, 0.15) is 11.2 Å². The topological polar surface area (TPSA) is 38.9 Å². The van der Waals surface area contributed by atoms with Crippen LogP contribution in [0.4, 0.5) is 0 Å². The van der Waals surface area contributed by atoms with Gasteiger partial charge in [0.05, 0.1) is 11.2 Å². The normalized spacial score (nSPS) is 17.5. The highest BCUT2D eigenvalue weighted by Gasteiger charge is 2.16. The SMILES string of the molecule is [2H]C([2H])([2H])c1ccc2c(ccc3ccc4c5cccc(-c6cc(C([2H])([2H])[2H])c(C([2H])([2H])[2H])cn6)c5oc4c32)n1. The molecule has 0 amide bonds. The first-order valence-electron chi connectivity index (χ1n) is 13.9. The zero-order chi connectivity index (χ0) is 27.9. The quantitative estimate of drug-likeness (QED) is 0.274. The van der Waals surface area contributed by atoms with Crippen molar-refractivity contribution in [3.8, 4) is 11.3 Å². The highest BCUT2D eigenvalue weighted by molar-refractivity contribution is 6.23. The summed E-state index contributed by atoms with van der Waals surface area (Å²) in [5.41, 5.74) is 1.75.